The first kappa shape index (κ1) is 10.4. The van der Waals surface area contributed by atoms with Crippen molar-refractivity contribution in [1.82, 2.24) is 4.98 Å². The van der Waals surface area contributed by atoms with Gasteiger partial charge in [-0.2, -0.15) is 0 Å². The Bertz CT molecular complexity index is 340. The molecule has 3 nitrogen and oxygen atoms in total. The van der Waals surface area contributed by atoms with Gasteiger partial charge < -0.3 is 10.0 Å². The van der Waals surface area contributed by atoms with Gasteiger partial charge in [0.25, 0.3) is 0 Å². The summed E-state index contributed by atoms with van der Waals surface area (Å²) in [5.41, 5.74) is 1.03. The van der Waals surface area contributed by atoms with E-state index in [-0.39, 0.29) is 6.10 Å². The quantitative estimate of drug-likeness (QED) is 0.758. The number of hydrogen-bond acceptors (Lipinski definition) is 3. The molecule has 1 N–H and O–H groups in total. The maximum atomic E-state index is 9.81. The minimum atomic E-state index is -0.221. The molecule has 1 aromatic heterocycles. The third-order valence-electron chi connectivity index (χ3n) is 3.12. The molecule has 82 valence electrons. The lowest BCUT2D eigenvalue weighted by Crippen LogP contribution is -2.43. The number of nitrogens with zero attached hydrogens (tertiary/aromatic N) is 2. The Balaban J connectivity index is 2.12. The Labute approximate surface area is 90.8 Å². The summed E-state index contributed by atoms with van der Waals surface area (Å²) in [6.07, 6.45) is 0.817. The van der Waals surface area contributed by atoms with E-state index in [1.165, 1.54) is 0 Å². The van der Waals surface area contributed by atoms with Gasteiger partial charge in [-0.3, -0.25) is 0 Å². The van der Waals surface area contributed by atoms with Crippen molar-refractivity contribution < 1.29 is 5.11 Å². The smallest absolute Gasteiger partial charge is 0.128 e. The van der Waals surface area contributed by atoms with E-state index in [0.29, 0.717) is 12.5 Å². The lowest BCUT2D eigenvalue weighted by Gasteiger charge is -2.35. The number of aryl methyl sites for hydroxylation is 1. The molecule has 1 aliphatic rings. The molecule has 0 bridgehead atoms. The van der Waals surface area contributed by atoms with Gasteiger partial charge in [-0.25, -0.2) is 4.98 Å². The number of aromatic nitrogens is 1. The SMILES string of the molecule is Cc1cccc(N2CC[C@H](C)[C@@H](O)C2)n1. The van der Waals surface area contributed by atoms with E-state index in [1.54, 1.807) is 0 Å². The highest BCUT2D eigenvalue weighted by molar-refractivity contribution is 5.39. The lowest BCUT2D eigenvalue weighted by atomic mass is 9.96. The molecule has 0 radical (unpaired) electrons. The summed E-state index contributed by atoms with van der Waals surface area (Å²) in [5, 5.41) is 9.81. The second kappa shape index (κ2) is 4.19. The van der Waals surface area contributed by atoms with E-state index in [0.717, 1.165) is 24.5 Å². The van der Waals surface area contributed by atoms with Crippen LogP contribution in [0.1, 0.15) is 19.0 Å². The normalized spacial score (nSPS) is 26.7. The van der Waals surface area contributed by atoms with E-state index in [1.807, 2.05) is 25.1 Å². The maximum absolute atomic E-state index is 9.81. The van der Waals surface area contributed by atoms with Crippen LogP contribution in [0.15, 0.2) is 18.2 Å². The van der Waals surface area contributed by atoms with Crippen molar-refractivity contribution in [3.05, 3.63) is 23.9 Å². The largest absolute Gasteiger partial charge is 0.391 e. The topological polar surface area (TPSA) is 36.4 Å². The van der Waals surface area contributed by atoms with Crippen LogP contribution in [-0.4, -0.2) is 29.3 Å². The molecule has 1 saturated heterocycles. The maximum Gasteiger partial charge on any atom is 0.128 e. The first-order valence-electron chi connectivity index (χ1n) is 5.53. The summed E-state index contributed by atoms with van der Waals surface area (Å²) >= 11 is 0. The molecular weight excluding hydrogens is 188 g/mol. The van der Waals surface area contributed by atoms with E-state index in [4.69, 9.17) is 0 Å². The number of rotatable bonds is 1. The lowest BCUT2D eigenvalue weighted by molar-refractivity contribution is 0.102. The molecule has 0 aromatic carbocycles. The number of pyridine rings is 1. The third-order valence-corrected chi connectivity index (χ3v) is 3.12. The molecule has 0 aliphatic carbocycles. The molecule has 15 heavy (non-hydrogen) atoms. The van der Waals surface area contributed by atoms with Crippen molar-refractivity contribution in [3.8, 4) is 0 Å². The van der Waals surface area contributed by atoms with Crippen LogP contribution in [0.3, 0.4) is 0 Å². The van der Waals surface area contributed by atoms with Crippen LogP contribution >= 0.6 is 0 Å². The highest BCUT2D eigenvalue weighted by atomic mass is 16.3. The minimum absolute atomic E-state index is 0.221. The standard InChI is InChI=1S/C12H18N2O/c1-9-6-7-14(8-11(9)15)12-5-3-4-10(2)13-12/h3-5,9,11,15H,6-8H2,1-2H3/t9-,11-/m0/s1. The fourth-order valence-electron chi connectivity index (χ4n) is 1.96. The summed E-state index contributed by atoms with van der Waals surface area (Å²) in [6, 6.07) is 6.02. The van der Waals surface area contributed by atoms with Crippen LogP contribution < -0.4 is 4.90 Å². The van der Waals surface area contributed by atoms with E-state index in [9.17, 15) is 5.11 Å². The van der Waals surface area contributed by atoms with Crippen LogP contribution in [0.25, 0.3) is 0 Å². The Kier molecular flexibility index (Phi) is 2.91. The molecule has 2 rings (SSSR count). The second-order valence-electron chi connectivity index (χ2n) is 4.42. The van der Waals surface area contributed by atoms with E-state index in [2.05, 4.69) is 16.8 Å². The van der Waals surface area contributed by atoms with Crippen molar-refractivity contribution in [2.24, 2.45) is 5.92 Å². The average molecular weight is 206 g/mol. The molecule has 0 unspecified atom stereocenters. The van der Waals surface area contributed by atoms with Gasteiger partial charge in [0.15, 0.2) is 0 Å². The predicted octanol–water partition coefficient (Wildman–Crippen LogP) is 1.60. The van der Waals surface area contributed by atoms with E-state index < -0.39 is 0 Å². The Morgan fingerprint density at radius 3 is 2.93 bits per heavy atom. The zero-order valence-corrected chi connectivity index (χ0v) is 9.35. The highest BCUT2D eigenvalue weighted by Crippen LogP contribution is 2.21. The van der Waals surface area contributed by atoms with Gasteiger partial charge in [0.2, 0.25) is 0 Å². The molecule has 3 heteroatoms. The van der Waals surface area contributed by atoms with Crippen LogP contribution in [-0.2, 0) is 0 Å². The first-order valence-corrected chi connectivity index (χ1v) is 5.53. The predicted molar refractivity (Wildman–Crippen MR) is 61.0 cm³/mol. The Morgan fingerprint density at radius 2 is 2.27 bits per heavy atom. The number of anilines is 1. The summed E-state index contributed by atoms with van der Waals surface area (Å²) < 4.78 is 0. The zero-order chi connectivity index (χ0) is 10.8. The van der Waals surface area contributed by atoms with Gasteiger partial charge in [-0.1, -0.05) is 13.0 Å². The molecule has 0 saturated carbocycles. The Morgan fingerprint density at radius 1 is 1.47 bits per heavy atom. The van der Waals surface area contributed by atoms with Crippen molar-refractivity contribution in [2.45, 2.75) is 26.4 Å². The van der Waals surface area contributed by atoms with E-state index >= 15 is 0 Å². The van der Waals surface area contributed by atoms with Crippen molar-refractivity contribution >= 4 is 5.82 Å². The molecule has 1 aromatic rings. The van der Waals surface area contributed by atoms with Gasteiger partial charge >= 0.3 is 0 Å². The van der Waals surface area contributed by atoms with Gasteiger partial charge in [0.05, 0.1) is 6.10 Å². The van der Waals surface area contributed by atoms with Crippen LogP contribution in [0.2, 0.25) is 0 Å². The summed E-state index contributed by atoms with van der Waals surface area (Å²) in [5.74, 6) is 1.40. The number of aliphatic hydroxyl groups excluding tert-OH is 1. The summed E-state index contributed by atoms with van der Waals surface area (Å²) in [6.45, 7) is 5.80. The Hall–Kier alpha value is -1.09. The first-order chi connectivity index (χ1) is 7.16. The van der Waals surface area contributed by atoms with Gasteiger partial charge in [-0.05, 0) is 31.4 Å². The zero-order valence-electron chi connectivity index (χ0n) is 9.35. The highest BCUT2D eigenvalue weighted by Gasteiger charge is 2.24. The minimum Gasteiger partial charge on any atom is -0.391 e. The van der Waals surface area contributed by atoms with Crippen molar-refractivity contribution in [1.29, 1.82) is 0 Å². The van der Waals surface area contributed by atoms with Crippen LogP contribution in [0, 0.1) is 12.8 Å². The summed E-state index contributed by atoms with van der Waals surface area (Å²) in [4.78, 5) is 6.64. The molecule has 1 fully saturated rings. The number of β-amino-alcohol motifs (C(OH)–C–C–N with tert-alkyl or cyclic N) is 1. The number of piperidine rings is 1. The van der Waals surface area contributed by atoms with Gasteiger partial charge in [0.1, 0.15) is 5.82 Å². The second-order valence-corrected chi connectivity index (χ2v) is 4.42. The summed E-state index contributed by atoms with van der Waals surface area (Å²) in [7, 11) is 0. The van der Waals surface area contributed by atoms with Gasteiger partial charge in [0, 0.05) is 18.8 Å². The van der Waals surface area contributed by atoms with Crippen LogP contribution in [0.5, 0.6) is 0 Å². The fourth-order valence-corrected chi connectivity index (χ4v) is 1.96. The molecule has 2 heterocycles. The third kappa shape index (κ3) is 2.29. The molecular formula is C12H18N2O. The van der Waals surface area contributed by atoms with Crippen molar-refractivity contribution in [2.75, 3.05) is 18.0 Å². The average Bonchev–Trinajstić information content (AvgIpc) is 2.22. The fraction of sp³-hybridized carbons (Fsp3) is 0.583. The number of hydrogen-bond donors (Lipinski definition) is 1. The number of aliphatic hydroxyl groups is 1. The molecule has 0 amide bonds. The monoisotopic (exact) mass is 206 g/mol. The molecule has 0 spiro atoms. The molecule has 1 aliphatic heterocycles. The van der Waals surface area contributed by atoms with Crippen LogP contribution in [0.4, 0.5) is 5.82 Å². The van der Waals surface area contributed by atoms with Crippen molar-refractivity contribution in [3.63, 3.8) is 0 Å². The van der Waals surface area contributed by atoms with Gasteiger partial charge in [-0.15, -0.1) is 0 Å². The molecule has 2 atom stereocenters.